The third kappa shape index (κ3) is 1.61. The summed E-state index contributed by atoms with van der Waals surface area (Å²) in [4.78, 5) is 15.8. The zero-order valence-electron chi connectivity index (χ0n) is 9.70. The molecular weight excluding hydrogens is 218 g/mol. The maximum Gasteiger partial charge on any atom is 0.407 e. The van der Waals surface area contributed by atoms with Crippen LogP contribution in [0.25, 0.3) is 0 Å². The standard InChI is InChI=1S/C12H17N3O2/c16-11(17)15-5-2-12(3-6-15)8-13-7-9-1-4-14-10(9)12/h1,4,13-14H,2-3,5-8H2,(H,16,17). The molecule has 0 aromatic carbocycles. The van der Waals surface area contributed by atoms with Crippen molar-refractivity contribution in [3.63, 3.8) is 0 Å². The van der Waals surface area contributed by atoms with Crippen molar-refractivity contribution in [3.8, 4) is 0 Å². The SMILES string of the molecule is O=C(O)N1CCC2(CC1)CNCc1cc[nH]c12. The van der Waals surface area contributed by atoms with Gasteiger partial charge in [-0.15, -0.1) is 0 Å². The van der Waals surface area contributed by atoms with Gasteiger partial charge in [0.25, 0.3) is 0 Å². The fraction of sp³-hybridized carbons (Fsp3) is 0.583. The number of fused-ring (bicyclic) bond motifs is 2. The number of nitrogens with zero attached hydrogens (tertiary/aromatic N) is 1. The first-order valence-electron chi connectivity index (χ1n) is 6.07. The first-order chi connectivity index (χ1) is 8.21. The van der Waals surface area contributed by atoms with E-state index in [1.54, 1.807) is 0 Å². The number of H-pyrrole nitrogens is 1. The van der Waals surface area contributed by atoms with Crippen LogP contribution < -0.4 is 5.32 Å². The first kappa shape index (κ1) is 10.7. The minimum Gasteiger partial charge on any atom is -0.465 e. The van der Waals surface area contributed by atoms with Gasteiger partial charge in [0.2, 0.25) is 0 Å². The van der Waals surface area contributed by atoms with E-state index in [1.165, 1.54) is 16.2 Å². The number of aromatic amines is 1. The maximum absolute atomic E-state index is 10.9. The van der Waals surface area contributed by atoms with Crippen LogP contribution in [0.4, 0.5) is 4.79 Å². The quantitative estimate of drug-likeness (QED) is 0.631. The molecule has 1 aromatic heterocycles. The van der Waals surface area contributed by atoms with Crippen molar-refractivity contribution in [2.45, 2.75) is 24.8 Å². The van der Waals surface area contributed by atoms with Gasteiger partial charge in [-0.2, -0.15) is 0 Å². The van der Waals surface area contributed by atoms with Gasteiger partial charge in [-0.1, -0.05) is 0 Å². The highest BCUT2D eigenvalue weighted by Gasteiger charge is 2.41. The monoisotopic (exact) mass is 235 g/mol. The van der Waals surface area contributed by atoms with Crippen LogP contribution in [0.3, 0.4) is 0 Å². The van der Waals surface area contributed by atoms with E-state index in [4.69, 9.17) is 5.11 Å². The molecule has 3 rings (SSSR count). The molecule has 0 aliphatic carbocycles. The average molecular weight is 235 g/mol. The summed E-state index contributed by atoms with van der Waals surface area (Å²) in [6.45, 7) is 3.14. The molecule has 0 bridgehead atoms. The summed E-state index contributed by atoms with van der Waals surface area (Å²) in [5.41, 5.74) is 2.77. The molecule has 1 amide bonds. The second-order valence-electron chi connectivity index (χ2n) is 5.03. The van der Waals surface area contributed by atoms with Gasteiger partial charge in [0.05, 0.1) is 0 Å². The lowest BCUT2D eigenvalue weighted by Gasteiger charge is -2.43. The number of piperidine rings is 1. The van der Waals surface area contributed by atoms with Gasteiger partial charge in [-0.25, -0.2) is 4.79 Å². The van der Waals surface area contributed by atoms with Gasteiger partial charge in [-0.3, -0.25) is 0 Å². The predicted octanol–water partition coefficient (Wildman–Crippen LogP) is 1.13. The van der Waals surface area contributed by atoms with E-state index in [2.05, 4.69) is 16.4 Å². The number of hydrogen-bond acceptors (Lipinski definition) is 2. The molecule has 1 aromatic rings. The molecule has 0 saturated carbocycles. The Morgan fingerprint density at radius 2 is 2.18 bits per heavy atom. The van der Waals surface area contributed by atoms with Gasteiger partial charge in [0, 0.05) is 43.5 Å². The molecule has 1 spiro atoms. The van der Waals surface area contributed by atoms with Crippen LogP contribution in [-0.2, 0) is 12.0 Å². The fourth-order valence-corrected chi connectivity index (χ4v) is 3.12. The molecule has 1 fully saturated rings. The topological polar surface area (TPSA) is 68.4 Å². The molecule has 5 heteroatoms. The second kappa shape index (κ2) is 3.77. The Kier molecular flexibility index (Phi) is 2.36. The number of nitrogens with one attached hydrogen (secondary N) is 2. The van der Waals surface area contributed by atoms with Crippen molar-refractivity contribution in [2.24, 2.45) is 0 Å². The summed E-state index contributed by atoms with van der Waals surface area (Å²) in [7, 11) is 0. The van der Waals surface area contributed by atoms with E-state index >= 15 is 0 Å². The second-order valence-corrected chi connectivity index (χ2v) is 5.03. The molecular formula is C12H17N3O2. The largest absolute Gasteiger partial charge is 0.465 e. The Morgan fingerprint density at radius 1 is 1.41 bits per heavy atom. The number of carboxylic acid groups (broad SMARTS) is 1. The van der Waals surface area contributed by atoms with Gasteiger partial charge < -0.3 is 20.3 Å². The fourth-order valence-electron chi connectivity index (χ4n) is 3.12. The van der Waals surface area contributed by atoms with Gasteiger partial charge in [-0.05, 0) is 24.5 Å². The number of hydrogen-bond donors (Lipinski definition) is 3. The van der Waals surface area contributed by atoms with Gasteiger partial charge in [0.1, 0.15) is 0 Å². The van der Waals surface area contributed by atoms with E-state index in [1.807, 2.05) is 6.20 Å². The highest BCUT2D eigenvalue weighted by atomic mass is 16.4. The Labute approximate surface area is 99.8 Å². The molecule has 5 nitrogen and oxygen atoms in total. The lowest BCUT2D eigenvalue weighted by molar-refractivity contribution is 0.112. The van der Waals surface area contributed by atoms with Crippen molar-refractivity contribution in [1.29, 1.82) is 0 Å². The van der Waals surface area contributed by atoms with Gasteiger partial charge in [0.15, 0.2) is 0 Å². The Hall–Kier alpha value is -1.49. The Balaban J connectivity index is 1.84. The average Bonchev–Trinajstić information content (AvgIpc) is 2.80. The van der Waals surface area contributed by atoms with Crippen LogP contribution in [-0.4, -0.2) is 40.7 Å². The minimum absolute atomic E-state index is 0.114. The highest BCUT2D eigenvalue weighted by molar-refractivity contribution is 5.65. The summed E-state index contributed by atoms with van der Waals surface area (Å²) in [5.74, 6) is 0. The molecule has 0 radical (unpaired) electrons. The van der Waals surface area contributed by atoms with Crippen LogP contribution in [0.5, 0.6) is 0 Å². The van der Waals surface area contributed by atoms with Crippen molar-refractivity contribution in [3.05, 3.63) is 23.5 Å². The number of likely N-dealkylation sites (tertiary alicyclic amines) is 1. The molecule has 2 aliphatic heterocycles. The molecule has 2 aliphatic rings. The summed E-state index contributed by atoms with van der Waals surface area (Å²) < 4.78 is 0. The van der Waals surface area contributed by atoms with E-state index < -0.39 is 6.09 Å². The lowest BCUT2D eigenvalue weighted by Crippen LogP contribution is -2.51. The maximum atomic E-state index is 10.9. The molecule has 92 valence electrons. The zero-order valence-corrected chi connectivity index (χ0v) is 9.70. The van der Waals surface area contributed by atoms with Crippen LogP contribution in [0.1, 0.15) is 24.1 Å². The van der Waals surface area contributed by atoms with Crippen LogP contribution in [0, 0.1) is 0 Å². The molecule has 0 unspecified atom stereocenters. The van der Waals surface area contributed by atoms with Crippen molar-refractivity contribution in [2.75, 3.05) is 19.6 Å². The van der Waals surface area contributed by atoms with Crippen molar-refractivity contribution >= 4 is 6.09 Å². The number of rotatable bonds is 0. The predicted molar refractivity (Wildman–Crippen MR) is 63.0 cm³/mol. The van der Waals surface area contributed by atoms with Crippen LogP contribution >= 0.6 is 0 Å². The normalized spacial score (nSPS) is 22.5. The van der Waals surface area contributed by atoms with E-state index in [9.17, 15) is 4.79 Å². The van der Waals surface area contributed by atoms with E-state index in [0.717, 1.165) is 25.9 Å². The zero-order chi connectivity index (χ0) is 11.9. The lowest BCUT2D eigenvalue weighted by atomic mass is 9.72. The Bertz CT molecular complexity index is 433. The number of aromatic nitrogens is 1. The molecule has 3 N–H and O–H groups in total. The molecule has 0 atom stereocenters. The van der Waals surface area contributed by atoms with Crippen molar-refractivity contribution in [1.82, 2.24) is 15.2 Å². The minimum atomic E-state index is -0.796. The summed E-state index contributed by atoms with van der Waals surface area (Å²) in [6.07, 6.45) is 3.00. The van der Waals surface area contributed by atoms with E-state index in [0.29, 0.717) is 13.1 Å². The Morgan fingerprint density at radius 3 is 2.88 bits per heavy atom. The molecule has 17 heavy (non-hydrogen) atoms. The summed E-state index contributed by atoms with van der Waals surface area (Å²) in [5, 5.41) is 12.4. The third-order valence-electron chi connectivity index (χ3n) is 4.13. The first-order valence-corrected chi connectivity index (χ1v) is 6.07. The highest BCUT2D eigenvalue weighted by Crippen LogP contribution is 2.38. The molecule has 3 heterocycles. The summed E-state index contributed by atoms with van der Waals surface area (Å²) >= 11 is 0. The summed E-state index contributed by atoms with van der Waals surface area (Å²) in [6, 6.07) is 2.12. The smallest absolute Gasteiger partial charge is 0.407 e. The van der Waals surface area contributed by atoms with Gasteiger partial charge >= 0.3 is 6.09 Å². The van der Waals surface area contributed by atoms with Crippen LogP contribution in [0.2, 0.25) is 0 Å². The van der Waals surface area contributed by atoms with E-state index in [-0.39, 0.29) is 5.41 Å². The number of amides is 1. The number of carbonyl (C=O) groups is 1. The molecule has 1 saturated heterocycles. The third-order valence-corrected chi connectivity index (χ3v) is 4.13. The van der Waals surface area contributed by atoms with Crippen LogP contribution in [0.15, 0.2) is 12.3 Å². The van der Waals surface area contributed by atoms with Crippen molar-refractivity contribution < 1.29 is 9.90 Å².